The molecule has 2 aromatic heterocycles. The maximum Gasteiger partial charge on any atom is 0.573 e. The number of alkyl halides is 3. The van der Waals surface area contributed by atoms with Gasteiger partial charge in [0, 0.05) is 10.5 Å². The minimum Gasteiger partial charge on any atom is -0.406 e. The largest absolute Gasteiger partial charge is 0.573 e. The molecule has 0 aliphatic carbocycles. The second-order valence-corrected chi connectivity index (χ2v) is 7.05. The van der Waals surface area contributed by atoms with Crippen molar-refractivity contribution < 1.29 is 22.7 Å². The molecule has 0 fully saturated rings. The highest BCUT2D eigenvalue weighted by Crippen LogP contribution is 2.32. The number of hydrogen-bond acceptors (Lipinski definition) is 5. The molecule has 2 heterocycles. The summed E-state index contributed by atoms with van der Waals surface area (Å²) in [6.45, 7) is 0. The van der Waals surface area contributed by atoms with Crippen LogP contribution in [-0.2, 0) is 0 Å². The number of fused-ring (bicyclic) bond motifs is 1. The van der Waals surface area contributed by atoms with E-state index in [1.165, 1.54) is 29.5 Å². The lowest BCUT2D eigenvalue weighted by Crippen LogP contribution is -2.16. The quantitative estimate of drug-likeness (QED) is 0.625. The number of carbonyl (C=O) groups excluding carboxylic acids is 1. The Kier molecular flexibility index (Phi) is 4.30. The van der Waals surface area contributed by atoms with Gasteiger partial charge in [0.25, 0.3) is 5.91 Å². The van der Waals surface area contributed by atoms with Crippen LogP contribution in [0.5, 0.6) is 5.75 Å². The van der Waals surface area contributed by atoms with E-state index in [0.717, 1.165) is 11.3 Å². The number of rotatable bonds is 3. The van der Waals surface area contributed by atoms with E-state index in [1.54, 1.807) is 11.4 Å². The van der Waals surface area contributed by atoms with E-state index < -0.39 is 6.36 Å². The first-order valence-electron chi connectivity index (χ1n) is 6.02. The first-order chi connectivity index (χ1) is 10.8. The number of benzene rings is 1. The molecule has 23 heavy (non-hydrogen) atoms. The fraction of sp³-hybridized carbons (Fsp3) is 0.0769. The van der Waals surface area contributed by atoms with Crippen LogP contribution in [0.4, 0.5) is 18.3 Å². The van der Waals surface area contributed by atoms with Gasteiger partial charge in [-0.3, -0.25) is 10.1 Å². The van der Waals surface area contributed by atoms with Gasteiger partial charge in [0.05, 0.1) is 10.2 Å². The molecule has 0 unspecified atom stereocenters. The Hall–Kier alpha value is -1.65. The molecule has 0 saturated heterocycles. The van der Waals surface area contributed by atoms with Gasteiger partial charge in [0.15, 0.2) is 5.13 Å². The van der Waals surface area contributed by atoms with Crippen LogP contribution in [0.15, 0.2) is 34.1 Å². The standard InChI is InChI=1S/C13H6BrF3N2O2S2/c14-7-3-4-22-10(7)11(20)19-12-18-8-2-1-6(5-9(8)23-12)21-13(15,16)17/h1-5H,(H,18,19,20). The van der Waals surface area contributed by atoms with Gasteiger partial charge in [-0.2, -0.15) is 0 Å². The monoisotopic (exact) mass is 422 g/mol. The van der Waals surface area contributed by atoms with Crippen molar-refractivity contribution in [3.63, 3.8) is 0 Å². The molecule has 1 N–H and O–H groups in total. The van der Waals surface area contributed by atoms with Crippen LogP contribution < -0.4 is 10.1 Å². The van der Waals surface area contributed by atoms with Gasteiger partial charge < -0.3 is 4.74 Å². The smallest absolute Gasteiger partial charge is 0.406 e. The van der Waals surface area contributed by atoms with E-state index in [-0.39, 0.29) is 11.7 Å². The van der Waals surface area contributed by atoms with Crippen molar-refractivity contribution >= 4 is 59.9 Å². The number of amides is 1. The average molecular weight is 423 g/mol. The molecule has 0 bridgehead atoms. The van der Waals surface area contributed by atoms with Gasteiger partial charge in [-0.1, -0.05) is 11.3 Å². The highest BCUT2D eigenvalue weighted by Gasteiger charge is 2.31. The average Bonchev–Trinajstić information content (AvgIpc) is 3.01. The van der Waals surface area contributed by atoms with Crippen LogP contribution in [0.1, 0.15) is 9.67 Å². The molecule has 0 aliphatic heterocycles. The number of carbonyl (C=O) groups is 1. The van der Waals surface area contributed by atoms with Crippen LogP contribution in [-0.4, -0.2) is 17.3 Å². The number of ether oxygens (including phenoxy) is 1. The van der Waals surface area contributed by atoms with Gasteiger partial charge in [0.1, 0.15) is 10.6 Å². The molecule has 120 valence electrons. The fourth-order valence-electron chi connectivity index (χ4n) is 1.77. The summed E-state index contributed by atoms with van der Waals surface area (Å²) in [7, 11) is 0. The topological polar surface area (TPSA) is 51.2 Å². The highest BCUT2D eigenvalue weighted by atomic mass is 79.9. The summed E-state index contributed by atoms with van der Waals surface area (Å²) in [6.07, 6.45) is -4.75. The van der Waals surface area contributed by atoms with Gasteiger partial charge in [-0.15, -0.1) is 24.5 Å². The molecule has 10 heteroatoms. The number of thiazole rings is 1. The van der Waals surface area contributed by atoms with Crippen molar-refractivity contribution in [2.75, 3.05) is 5.32 Å². The van der Waals surface area contributed by atoms with E-state index in [4.69, 9.17) is 0 Å². The summed E-state index contributed by atoms with van der Waals surface area (Å²) in [6, 6.07) is 5.57. The van der Waals surface area contributed by atoms with Crippen molar-refractivity contribution in [2.45, 2.75) is 6.36 Å². The summed E-state index contributed by atoms with van der Waals surface area (Å²) < 4.78 is 41.7. The van der Waals surface area contributed by atoms with Gasteiger partial charge in [-0.05, 0) is 39.5 Å². The number of thiophene rings is 1. The zero-order valence-electron chi connectivity index (χ0n) is 11.0. The minimum absolute atomic E-state index is 0.300. The van der Waals surface area contributed by atoms with Crippen LogP contribution in [0.25, 0.3) is 10.2 Å². The Morgan fingerprint density at radius 1 is 1.30 bits per heavy atom. The number of aromatic nitrogens is 1. The zero-order valence-corrected chi connectivity index (χ0v) is 14.2. The van der Waals surface area contributed by atoms with E-state index in [2.05, 4.69) is 31.0 Å². The lowest BCUT2D eigenvalue weighted by molar-refractivity contribution is -0.274. The number of nitrogens with one attached hydrogen (secondary N) is 1. The number of nitrogens with zero attached hydrogens (tertiary/aromatic N) is 1. The van der Waals surface area contributed by atoms with E-state index >= 15 is 0 Å². The third-order valence-electron chi connectivity index (χ3n) is 2.64. The molecule has 0 atom stereocenters. The molecule has 3 rings (SSSR count). The Morgan fingerprint density at radius 2 is 2.09 bits per heavy atom. The second-order valence-electron chi connectivity index (χ2n) is 4.25. The van der Waals surface area contributed by atoms with Gasteiger partial charge >= 0.3 is 6.36 Å². The summed E-state index contributed by atoms with van der Waals surface area (Å²) >= 11 is 5.60. The van der Waals surface area contributed by atoms with Gasteiger partial charge in [-0.25, -0.2) is 4.98 Å². The predicted molar refractivity (Wildman–Crippen MR) is 86.3 cm³/mol. The first kappa shape index (κ1) is 16.2. The van der Waals surface area contributed by atoms with Gasteiger partial charge in [0.2, 0.25) is 0 Å². The van der Waals surface area contributed by atoms with Crippen molar-refractivity contribution in [3.05, 3.63) is 39.0 Å². The predicted octanol–water partition coefficient (Wildman–Crippen LogP) is 5.27. The fourth-order valence-corrected chi connectivity index (χ4v) is 4.10. The molecule has 0 radical (unpaired) electrons. The Labute approximate surface area is 144 Å². The maximum absolute atomic E-state index is 12.2. The zero-order chi connectivity index (χ0) is 16.6. The highest BCUT2D eigenvalue weighted by molar-refractivity contribution is 9.10. The molecule has 0 saturated carbocycles. The van der Waals surface area contributed by atoms with Crippen LogP contribution >= 0.6 is 38.6 Å². The molecule has 1 amide bonds. The molecular formula is C13H6BrF3N2O2S2. The minimum atomic E-state index is -4.75. The maximum atomic E-state index is 12.2. The van der Waals surface area contributed by atoms with E-state index in [9.17, 15) is 18.0 Å². The summed E-state index contributed by atoms with van der Waals surface area (Å²) in [4.78, 5) is 16.7. The van der Waals surface area contributed by atoms with Crippen LogP contribution in [0, 0.1) is 0 Å². The molecular weight excluding hydrogens is 417 g/mol. The van der Waals surface area contributed by atoms with Crippen molar-refractivity contribution in [2.24, 2.45) is 0 Å². The van der Waals surface area contributed by atoms with Crippen molar-refractivity contribution in [3.8, 4) is 5.75 Å². The van der Waals surface area contributed by atoms with Crippen molar-refractivity contribution in [1.82, 2.24) is 4.98 Å². The molecule has 1 aromatic carbocycles. The Bertz CT molecular complexity index is 876. The number of hydrogen-bond donors (Lipinski definition) is 1. The Balaban J connectivity index is 1.83. The number of anilines is 1. The number of halogens is 4. The third-order valence-corrected chi connectivity index (χ3v) is 5.41. The molecule has 0 spiro atoms. The van der Waals surface area contributed by atoms with E-state index in [0.29, 0.717) is 24.7 Å². The third kappa shape index (κ3) is 3.82. The second kappa shape index (κ2) is 6.10. The molecule has 0 aliphatic rings. The van der Waals surface area contributed by atoms with Crippen molar-refractivity contribution in [1.29, 1.82) is 0 Å². The summed E-state index contributed by atoms with van der Waals surface area (Å²) in [5.74, 6) is -0.662. The lowest BCUT2D eigenvalue weighted by Gasteiger charge is -2.07. The molecule has 3 aromatic rings. The molecule has 4 nitrogen and oxygen atoms in total. The summed E-state index contributed by atoms with van der Waals surface area (Å²) in [5.41, 5.74) is 0.477. The first-order valence-corrected chi connectivity index (χ1v) is 8.51. The summed E-state index contributed by atoms with van der Waals surface area (Å²) in [5, 5.41) is 4.69. The lowest BCUT2D eigenvalue weighted by atomic mass is 10.3. The SMILES string of the molecule is O=C(Nc1nc2ccc(OC(F)(F)F)cc2s1)c1sccc1Br. The Morgan fingerprint density at radius 3 is 2.74 bits per heavy atom. The van der Waals surface area contributed by atoms with Crippen LogP contribution in [0.2, 0.25) is 0 Å². The van der Waals surface area contributed by atoms with Crippen LogP contribution in [0.3, 0.4) is 0 Å². The normalized spacial score (nSPS) is 11.7. The van der Waals surface area contributed by atoms with E-state index in [1.807, 2.05) is 0 Å².